The number of fused-ring (bicyclic) bond motifs is 3. The average Bonchev–Trinajstić information content (AvgIpc) is 3.02. The summed E-state index contributed by atoms with van der Waals surface area (Å²) in [5.74, 6) is 0.394. The number of nitrogens with zero attached hydrogens (tertiary/aromatic N) is 6. The first-order chi connectivity index (χ1) is 14.2. The molecule has 0 bridgehead atoms. The molecule has 1 atom stereocenters. The van der Waals surface area contributed by atoms with Crippen molar-refractivity contribution in [2.45, 2.75) is 45.1 Å². The highest BCUT2D eigenvalue weighted by Crippen LogP contribution is 2.41. The lowest BCUT2D eigenvalue weighted by molar-refractivity contribution is -0.141. The Balaban J connectivity index is 1.25. The van der Waals surface area contributed by atoms with Crippen LogP contribution in [0.5, 0.6) is 0 Å². The number of halogens is 3. The standard InChI is InChI=1S/C20H21F3N6O/c1-11-7-12(2)24-18-14(11)10-29-15(18)5-6-28(19(29)30)13-8-27(9-13)17-4-3-16(25-26-17)20(21,22)23/h3-4,7,13,15H,5-6,8-10H2,1-2H3. The van der Waals surface area contributed by atoms with Gasteiger partial charge in [0.25, 0.3) is 0 Å². The van der Waals surface area contributed by atoms with E-state index in [0.717, 1.165) is 29.4 Å². The molecule has 2 saturated heterocycles. The van der Waals surface area contributed by atoms with Crippen molar-refractivity contribution in [1.29, 1.82) is 0 Å². The highest BCUT2D eigenvalue weighted by atomic mass is 19.4. The minimum atomic E-state index is -4.50. The number of alkyl halides is 3. The van der Waals surface area contributed by atoms with E-state index >= 15 is 0 Å². The number of hydrogen-bond donors (Lipinski definition) is 0. The van der Waals surface area contributed by atoms with Gasteiger partial charge in [-0.15, -0.1) is 10.2 Å². The maximum atomic E-state index is 13.2. The van der Waals surface area contributed by atoms with Crippen LogP contribution in [0.15, 0.2) is 18.2 Å². The Morgan fingerprint density at radius 3 is 2.53 bits per heavy atom. The summed E-state index contributed by atoms with van der Waals surface area (Å²) >= 11 is 0. The Morgan fingerprint density at radius 2 is 1.87 bits per heavy atom. The van der Waals surface area contributed by atoms with Gasteiger partial charge in [0.15, 0.2) is 11.5 Å². The zero-order valence-corrected chi connectivity index (χ0v) is 16.6. The van der Waals surface area contributed by atoms with E-state index in [1.807, 2.05) is 21.6 Å². The molecule has 3 aliphatic rings. The molecule has 0 aliphatic carbocycles. The normalized spacial score (nSPS) is 21.6. The van der Waals surface area contributed by atoms with Gasteiger partial charge in [0.05, 0.1) is 24.3 Å². The highest BCUT2D eigenvalue weighted by Gasteiger charge is 2.46. The minimum absolute atomic E-state index is 0.00413. The van der Waals surface area contributed by atoms with Crippen LogP contribution in [0.4, 0.5) is 23.8 Å². The molecule has 2 fully saturated rings. The van der Waals surface area contributed by atoms with Gasteiger partial charge >= 0.3 is 12.2 Å². The molecule has 0 N–H and O–H groups in total. The molecule has 5 heterocycles. The Morgan fingerprint density at radius 1 is 1.10 bits per heavy atom. The van der Waals surface area contributed by atoms with Crippen molar-refractivity contribution in [1.82, 2.24) is 25.0 Å². The van der Waals surface area contributed by atoms with Gasteiger partial charge in [0.2, 0.25) is 0 Å². The van der Waals surface area contributed by atoms with Gasteiger partial charge in [0, 0.05) is 25.3 Å². The van der Waals surface area contributed by atoms with Crippen molar-refractivity contribution in [2.24, 2.45) is 0 Å². The van der Waals surface area contributed by atoms with Crippen LogP contribution in [0, 0.1) is 13.8 Å². The monoisotopic (exact) mass is 418 g/mol. The SMILES string of the molecule is Cc1cc(C)c2c(n1)C1CCN(C3CN(c4ccc(C(F)(F)F)nn4)C3)C(=O)N1C2. The minimum Gasteiger partial charge on any atom is -0.351 e. The number of anilines is 1. The molecule has 2 aromatic rings. The predicted octanol–water partition coefficient (Wildman–Crippen LogP) is 3.08. The van der Waals surface area contributed by atoms with Crippen molar-refractivity contribution >= 4 is 11.8 Å². The third-order valence-electron chi connectivity index (χ3n) is 6.23. The van der Waals surface area contributed by atoms with E-state index in [1.165, 1.54) is 11.6 Å². The van der Waals surface area contributed by atoms with Crippen molar-refractivity contribution < 1.29 is 18.0 Å². The van der Waals surface area contributed by atoms with Crippen molar-refractivity contribution in [2.75, 3.05) is 24.5 Å². The fraction of sp³-hybridized carbons (Fsp3) is 0.500. The Bertz CT molecular complexity index is 1000. The maximum absolute atomic E-state index is 13.2. The van der Waals surface area contributed by atoms with E-state index in [1.54, 1.807) is 0 Å². The lowest BCUT2D eigenvalue weighted by Crippen LogP contribution is -2.64. The molecule has 2 amide bonds. The fourth-order valence-electron chi connectivity index (χ4n) is 4.64. The van der Waals surface area contributed by atoms with E-state index in [0.29, 0.717) is 32.0 Å². The van der Waals surface area contributed by atoms with E-state index in [2.05, 4.69) is 23.2 Å². The molecule has 10 heteroatoms. The molecular formula is C20H21F3N6O. The largest absolute Gasteiger partial charge is 0.435 e. The van der Waals surface area contributed by atoms with Crippen LogP contribution < -0.4 is 4.90 Å². The third kappa shape index (κ3) is 2.96. The summed E-state index contributed by atoms with van der Waals surface area (Å²) in [6, 6.07) is 4.36. The van der Waals surface area contributed by atoms with Crippen molar-refractivity contribution in [3.8, 4) is 0 Å². The second-order valence-electron chi connectivity index (χ2n) is 8.19. The number of aromatic nitrogens is 3. The van der Waals surface area contributed by atoms with Crippen LogP contribution in [0.25, 0.3) is 0 Å². The van der Waals surface area contributed by atoms with Gasteiger partial charge < -0.3 is 14.7 Å². The number of urea groups is 1. The summed E-state index contributed by atoms with van der Waals surface area (Å²) in [6.45, 7) is 6.32. The number of pyridine rings is 1. The van der Waals surface area contributed by atoms with Crippen LogP contribution in [0.2, 0.25) is 0 Å². The van der Waals surface area contributed by atoms with Gasteiger partial charge in [-0.2, -0.15) is 13.2 Å². The van der Waals surface area contributed by atoms with Crippen LogP contribution in [-0.4, -0.2) is 56.7 Å². The maximum Gasteiger partial charge on any atom is 0.435 e. The Labute approximate surface area is 171 Å². The zero-order chi connectivity index (χ0) is 21.2. The Hall–Kier alpha value is -2.91. The van der Waals surface area contributed by atoms with Crippen LogP contribution >= 0.6 is 0 Å². The molecule has 1 unspecified atom stereocenters. The van der Waals surface area contributed by atoms with Gasteiger partial charge in [-0.05, 0) is 49.6 Å². The first-order valence-corrected chi connectivity index (χ1v) is 9.92. The molecule has 30 heavy (non-hydrogen) atoms. The number of hydrogen-bond acceptors (Lipinski definition) is 5. The van der Waals surface area contributed by atoms with E-state index in [-0.39, 0.29) is 18.1 Å². The summed E-state index contributed by atoms with van der Waals surface area (Å²) in [4.78, 5) is 23.5. The number of carbonyl (C=O) groups is 1. The second-order valence-corrected chi connectivity index (χ2v) is 8.19. The first kappa shape index (κ1) is 19.1. The average molecular weight is 418 g/mol. The lowest BCUT2D eigenvalue weighted by atomic mass is 10.0. The van der Waals surface area contributed by atoms with Crippen LogP contribution in [0.3, 0.4) is 0 Å². The number of rotatable bonds is 2. The Kier molecular flexibility index (Phi) is 4.16. The molecular weight excluding hydrogens is 397 g/mol. The van der Waals surface area contributed by atoms with E-state index < -0.39 is 11.9 Å². The molecule has 0 spiro atoms. The van der Waals surface area contributed by atoms with Gasteiger partial charge in [-0.1, -0.05) is 0 Å². The molecule has 2 aromatic heterocycles. The van der Waals surface area contributed by atoms with E-state index in [9.17, 15) is 18.0 Å². The molecule has 3 aliphatic heterocycles. The number of carbonyl (C=O) groups excluding carboxylic acids is 1. The summed E-state index contributed by atoms with van der Waals surface area (Å²) in [7, 11) is 0. The van der Waals surface area contributed by atoms with Crippen LogP contribution in [-0.2, 0) is 12.7 Å². The fourth-order valence-corrected chi connectivity index (χ4v) is 4.64. The smallest absolute Gasteiger partial charge is 0.351 e. The topological polar surface area (TPSA) is 65.5 Å². The summed E-state index contributed by atoms with van der Waals surface area (Å²) in [5.41, 5.74) is 3.30. The third-order valence-corrected chi connectivity index (χ3v) is 6.23. The van der Waals surface area contributed by atoms with Crippen molar-refractivity contribution in [3.63, 3.8) is 0 Å². The molecule has 0 radical (unpaired) electrons. The molecule has 7 nitrogen and oxygen atoms in total. The second kappa shape index (κ2) is 6.55. The lowest BCUT2D eigenvalue weighted by Gasteiger charge is -2.49. The van der Waals surface area contributed by atoms with Gasteiger partial charge in [-0.25, -0.2) is 4.79 Å². The summed E-state index contributed by atoms with van der Waals surface area (Å²) in [6.07, 6.45) is -3.68. The van der Waals surface area contributed by atoms with E-state index in [4.69, 9.17) is 4.98 Å². The number of aryl methyl sites for hydroxylation is 2. The summed E-state index contributed by atoms with van der Waals surface area (Å²) in [5, 5.41) is 6.97. The zero-order valence-electron chi connectivity index (χ0n) is 16.6. The first-order valence-electron chi connectivity index (χ1n) is 9.92. The van der Waals surface area contributed by atoms with Crippen molar-refractivity contribution in [3.05, 3.63) is 46.4 Å². The summed E-state index contributed by atoms with van der Waals surface area (Å²) < 4.78 is 37.9. The molecule has 5 rings (SSSR count). The molecule has 0 aromatic carbocycles. The molecule has 0 saturated carbocycles. The van der Waals surface area contributed by atoms with Crippen LogP contribution in [0.1, 0.15) is 40.7 Å². The highest BCUT2D eigenvalue weighted by molar-refractivity contribution is 5.78. The van der Waals surface area contributed by atoms with Gasteiger partial charge in [-0.3, -0.25) is 4.98 Å². The quantitative estimate of drug-likeness (QED) is 0.750. The number of amides is 2. The molecule has 158 valence electrons. The predicted molar refractivity (Wildman–Crippen MR) is 102 cm³/mol. The van der Waals surface area contributed by atoms with Gasteiger partial charge in [0.1, 0.15) is 0 Å².